The molecule has 0 spiro atoms. The van der Waals surface area contributed by atoms with E-state index in [-0.39, 0.29) is 18.6 Å². The molecular formula is C24H27N3O2. The molecule has 5 nitrogen and oxygen atoms in total. The standard InChI is InChI=1S/C24H27N3O2/c1-27(2)21-15-13-18(14-16-21)22(28)17-25-24(29)26-23(19-9-5-3-6-10-19)20-11-7-4-8-12-20/h3-16,22-23,28H,17H2,1-2H3,(H2,25,26,29)/t22-/m0/s1. The molecule has 3 aromatic carbocycles. The SMILES string of the molecule is CN(C)c1ccc([C@@H](O)CNC(=O)NC(c2ccccc2)c2ccccc2)cc1. The molecule has 0 saturated heterocycles. The van der Waals surface area contributed by atoms with Crippen LogP contribution in [0.15, 0.2) is 84.9 Å². The Balaban J connectivity index is 1.63. The normalized spacial score (nSPS) is 11.7. The molecule has 1 atom stereocenters. The van der Waals surface area contributed by atoms with Gasteiger partial charge in [0.15, 0.2) is 0 Å². The van der Waals surface area contributed by atoms with Crippen LogP contribution in [0.1, 0.15) is 28.8 Å². The number of hydrogen-bond donors (Lipinski definition) is 3. The van der Waals surface area contributed by atoms with E-state index in [9.17, 15) is 9.90 Å². The lowest BCUT2D eigenvalue weighted by Crippen LogP contribution is -2.40. The van der Waals surface area contributed by atoms with Crippen LogP contribution in [0.25, 0.3) is 0 Å². The van der Waals surface area contributed by atoms with Gasteiger partial charge in [0.1, 0.15) is 0 Å². The number of nitrogens with zero attached hydrogens (tertiary/aromatic N) is 1. The van der Waals surface area contributed by atoms with E-state index in [1.165, 1.54) is 0 Å². The number of hydrogen-bond acceptors (Lipinski definition) is 3. The molecule has 0 saturated carbocycles. The number of rotatable bonds is 7. The minimum absolute atomic E-state index is 0.128. The van der Waals surface area contributed by atoms with Gasteiger partial charge in [-0.25, -0.2) is 4.79 Å². The summed E-state index contributed by atoms with van der Waals surface area (Å²) in [6.07, 6.45) is -0.774. The Morgan fingerprint density at radius 3 is 1.83 bits per heavy atom. The largest absolute Gasteiger partial charge is 0.387 e. The molecule has 2 amide bonds. The Kier molecular flexibility index (Phi) is 6.87. The van der Waals surface area contributed by atoms with E-state index in [0.717, 1.165) is 22.4 Å². The molecule has 29 heavy (non-hydrogen) atoms. The summed E-state index contributed by atoms with van der Waals surface area (Å²) in [7, 11) is 3.93. The Hall–Kier alpha value is -3.31. The Morgan fingerprint density at radius 2 is 1.34 bits per heavy atom. The van der Waals surface area contributed by atoms with E-state index in [4.69, 9.17) is 0 Å². The van der Waals surface area contributed by atoms with E-state index in [1.54, 1.807) is 0 Å². The number of benzene rings is 3. The van der Waals surface area contributed by atoms with Crippen molar-refractivity contribution in [2.75, 3.05) is 25.5 Å². The molecule has 0 aliphatic carbocycles. The first-order valence-electron chi connectivity index (χ1n) is 9.64. The first-order chi connectivity index (χ1) is 14.0. The molecule has 0 unspecified atom stereocenters. The van der Waals surface area contributed by atoms with Crippen LogP contribution in [-0.2, 0) is 0 Å². The number of amides is 2. The van der Waals surface area contributed by atoms with Crippen LogP contribution in [0.5, 0.6) is 0 Å². The maximum absolute atomic E-state index is 12.5. The van der Waals surface area contributed by atoms with Gasteiger partial charge >= 0.3 is 6.03 Å². The molecule has 3 rings (SSSR count). The van der Waals surface area contributed by atoms with Crippen LogP contribution in [0.3, 0.4) is 0 Å². The fourth-order valence-corrected chi connectivity index (χ4v) is 3.13. The van der Waals surface area contributed by atoms with E-state index in [0.29, 0.717) is 0 Å². The fourth-order valence-electron chi connectivity index (χ4n) is 3.13. The highest BCUT2D eigenvalue weighted by molar-refractivity contribution is 5.75. The van der Waals surface area contributed by atoms with E-state index >= 15 is 0 Å². The molecule has 0 aromatic heterocycles. The van der Waals surface area contributed by atoms with E-state index in [1.807, 2.05) is 104 Å². The van der Waals surface area contributed by atoms with Crippen molar-refractivity contribution in [1.82, 2.24) is 10.6 Å². The number of anilines is 1. The molecule has 150 valence electrons. The summed E-state index contributed by atoms with van der Waals surface area (Å²) in [4.78, 5) is 14.5. The highest BCUT2D eigenvalue weighted by Gasteiger charge is 2.17. The predicted molar refractivity (Wildman–Crippen MR) is 117 cm³/mol. The van der Waals surface area contributed by atoms with Gasteiger partial charge in [0, 0.05) is 26.3 Å². The number of carbonyl (C=O) groups excluding carboxylic acids is 1. The highest BCUT2D eigenvalue weighted by Crippen LogP contribution is 2.22. The van der Waals surface area contributed by atoms with E-state index < -0.39 is 6.10 Å². The van der Waals surface area contributed by atoms with Gasteiger partial charge in [-0.3, -0.25) is 0 Å². The topological polar surface area (TPSA) is 64.6 Å². The molecule has 3 aromatic rings. The molecule has 5 heteroatoms. The first kappa shape index (κ1) is 20.4. The maximum atomic E-state index is 12.5. The van der Waals surface area contributed by atoms with Crippen LogP contribution in [0.2, 0.25) is 0 Å². The summed E-state index contributed by atoms with van der Waals surface area (Å²) in [6.45, 7) is 0.128. The van der Waals surface area contributed by atoms with Crippen molar-refractivity contribution in [3.63, 3.8) is 0 Å². The van der Waals surface area contributed by atoms with Crippen LogP contribution in [0, 0.1) is 0 Å². The van der Waals surface area contributed by atoms with Crippen LogP contribution in [0.4, 0.5) is 10.5 Å². The van der Waals surface area contributed by atoms with Gasteiger partial charge in [-0.05, 0) is 28.8 Å². The quantitative estimate of drug-likeness (QED) is 0.575. The van der Waals surface area contributed by atoms with Crippen LogP contribution < -0.4 is 15.5 Å². The first-order valence-corrected chi connectivity index (χ1v) is 9.64. The minimum Gasteiger partial charge on any atom is -0.387 e. The lowest BCUT2D eigenvalue weighted by Gasteiger charge is -2.21. The van der Waals surface area contributed by atoms with Crippen molar-refractivity contribution >= 4 is 11.7 Å². The summed E-state index contributed by atoms with van der Waals surface area (Å²) < 4.78 is 0. The molecule has 0 aliphatic rings. The second-order valence-corrected chi connectivity index (χ2v) is 7.11. The van der Waals surface area contributed by atoms with Crippen molar-refractivity contribution in [2.45, 2.75) is 12.1 Å². The zero-order chi connectivity index (χ0) is 20.6. The molecule has 3 N–H and O–H groups in total. The number of urea groups is 1. The number of carbonyl (C=O) groups is 1. The Bertz CT molecular complexity index is 857. The second kappa shape index (κ2) is 9.75. The monoisotopic (exact) mass is 389 g/mol. The Morgan fingerprint density at radius 1 is 0.828 bits per heavy atom. The average Bonchev–Trinajstić information content (AvgIpc) is 2.77. The van der Waals surface area contributed by atoms with Crippen LogP contribution in [-0.4, -0.2) is 31.8 Å². The van der Waals surface area contributed by atoms with Gasteiger partial charge < -0.3 is 20.6 Å². The van der Waals surface area contributed by atoms with Gasteiger partial charge in [0.2, 0.25) is 0 Å². The predicted octanol–water partition coefficient (Wildman–Crippen LogP) is 3.87. The summed E-state index contributed by atoms with van der Waals surface area (Å²) in [5.41, 5.74) is 3.81. The third-order valence-electron chi connectivity index (χ3n) is 4.79. The smallest absolute Gasteiger partial charge is 0.315 e. The molecule has 0 aliphatic heterocycles. The average molecular weight is 389 g/mol. The van der Waals surface area contributed by atoms with Gasteiger partial charge in [0.05, 0.1) is 12.1 Å². The molecule has 0 heterocycles. The van der Waals surface area contributed by atoms with Crippen molar-refractivity contribution in [3.8, 4) is 0 Å². The molecule has 0 fully saturated rings. The number of aliphatic hydroxyl groups is 1. The third-order valence-corrected chi connectivity index (χ3v) is 4.79. The number of nitrogens with one attached hydrogen (secondary N) is 2. The third kappa shape index (κ3) is 5.59. The van der Waals surface area contributed by atoms with Crippen molar-refractivity contribution < 1.29 is 9.90 Å². The summed E-state index contributed by atoms with van der Waals surface area (Å²) in [6, 6.07) is 26.7. The molecule has 0 radical (unpaired) electrons. The molecule has 0 bridgehead atoms. The molecular weight excluding hydrogens is 362 g/mol. The van der Waals surface area contributed by atoms with Gasteiger partial charge in [0.25, 0.3) is 0 Å². The zero-order valence-electron chi connectivity index (χ0n) is 16.7. The van der Waals surface area contributed by atoms with Crippen LogP contribution >= 0.6 is 0 Å². The van der Waals surface area contributed by atoms with Crippen molar-refractivity contribution in [3.05, 3.63) is 102 Å². The van der Waals surface area contributed by atoms with Gasteiger partial charge in [-0.2, -0.15) is 0 Å². The van der Waals surface area contributed by atoms with Gasteiger partial charge in [-0.1, -0.05) is 72.8 Å². The zero-order valence-corrected chi connectivity index (χ0v) is 16.7. The van der Waals surface area contributed by atoms with Crippen molar-refractivity contribution in [2.24, 2.45) is 0 Å². The van der Waals surface area contributed by atoms with Crippen molar-refractivity contribution in [1.29, 1.82) is 0 Å². The maximum Gasteiger partial charge on any atom is 0.315 e. The fraction of sp³-hybridized carbons (Fsp3) is 0.208. The highest BCUT2D eigenvalue weighted by atomic mass is 16.3. The summed E-state index contributed by atoms with van der Waals surface area (Å²) >= 11 is 0. The summed E-state index contributed by atoms with van der Waals surface area (Å²) in [5, 5.41) is 16.2. The second-order valence-electron chi connectivity index (χ2n) is 7.11. The minimum atomic E-state index is -0.774. The Labute approximate surface area is 172 Å². The lowest BCUT2D eigenvalue weighted by molar-refractivity contribution is 0.173. The lowest BCUT2D eigenvalue weighted by atomic mass is 9.99. The number of aliphatic hydroxyl groups excluding tert-OH is 1. The van der Waals surface area contributed by atoms with Gasteiger partial charge in [-0.15, -0.1) is 0 Å². The summed E-state index contributed by atoms with van der Waals surface area (Å²) in [5.74, 6) is 0. The van der Waals surface area contributed by atoms with E-state index in [2.05, 4.69) is 10.6 Å².